The van der Waals surface area contributed by atoms with Crippen molar-refractivity contribution in [1.82, 2.24) is 16.0 Å². The summed E-state index contributed by atoms with van der Waals surface area (Å²) in [6.45, 7) is 0.877. The molecule has 0 aliphatic carbocycles. The van der Waals surface area contributed by atoms with E-state index in [1.807, 2.05) is 0 Å². The van der Waals surface area contributed by atoms with E-state index in [1.54, 1.807) is 0 Å². The first-order valence-electron chi connectivity index (χ1n) is 9.45. The van der Waals surface area contributed by atoms with Crippen LogP contribution in [0.4, 0.5) is 0 Å². The van der Waals surface area contributed by atoms with Gasteiger partial charge in [-0.2, -0.15) is 0 Å². The van der Waals surface area contributed by atoms with Crippen LogP contribution < -0.4 is 27.4 Å². The lowest BCUT2D eigenvalue weighted by Gasteiger charge is -2.23. The largest absolute Gasteiger partial charge is 0.481 e. The fourth-order valence-electron chi connectivity index (χ4n) is 2.31. The van der Waals surface area contributed by atoms with Crippen LogP contribution in [0.15, 0.2) is 0 Å². The Bertz CT molecular complexity index is 615. The van der Waals surface area contributed by atoms with E-state index in [0.717, 1.165) is 0 Å². The summed E-state index contributed by atoms with van der Waals surface area (Å²) in [5, 5.41) is 33.5. The molecule has 0 unspecified atom stereocenters. The smallest absolute Gasteiger partial charge is 0.328 e. The molecule has 4 atom stereocenters. The molecular formula is C17H31N5O8. The van der Waals surface area contributed by atoms with E-state index in [4.69, 9.17) is 26.8 Å². The molecule has 3 amide bonds. The van der Waals surface area contributed by atoms with E-state index >= 15 is 0 Å². The Morgan fingerprint density at radius 2 is 1.47 bits per heavy atom. The molecule has 13 nitrogen and oxygen atoms in total. The predicted molar refractivity (Wildman–Crippen MR) is 104 cm³/mol. The van der Waals surface area contributed by atoms with Crippen molar-refractivity contribution in [2.45, 2.75) is 63.2 Å². The van der Waals surface area contributed by atoms with Crippen molar-refractivity contribution in [2.24, 2.45) is 11.5 Å². The number of aliphatic hydroxyl groups is 1. The zero-order chi connectivity index (χ0) is 23.3. The van der Waals surface area contributed by atoms with Crippen LogP contribution >= 0.6 is 0 Å². The topological polar surface area (TPSA) is 234 Å². The van der Waals surface area contributed by atoms with Gasteiger partial charge in [0.1, 0.15) is 18.1 Å². The number of unbranched alkanes of at least 4 members (excludes halogenated alkanes) is 1. The Morgan fingerprint density at radius 1 is 0.867 bits per heavy atom. The Balaban J connectivity index is 4.95. The normalized spacial score (nSPS) is 14.7. The molecule has 0 saturated carbocycles. The number of carbonyl (C=O) groups is 5. The lowest BCUT2D eigenvalue weighted by atomic mass is 10.1. The minimum atomic E-state index is -1.53. The maximum absolute atomic E-state index is 12.4. The van der Waals surface area contributed by atoms with Gasteiger partial charge in [-0.05, 0) is 39.2 Å². The predicted octanol–water partition coefficient (Wildman–Crippen LogP) is -3.14. The SMILES string of the molecule is C[C@H](NC(=O)[C@@H](N)CCC(=O)O)C(=O)N[C@@H](CCCCN)C(=O)N[C@@H](CO)C(=O)O. The number of carbonyl (C=O) groups excluding carboxylic acids is 3. The van der Waals surface area contributed by atoms with Crippen LogP contribution in [0.25, 0.3) is 0 Å². The second kappa shape index (κ2) is 14.3. The van der Waals surface area contributed by atoms with Gasteiger partial charge < -0.3 is 42.7 Å². The Labute approximate surface area is 173 Å². The van der Waals surface area contributed by atoms with E-state index in [9.17, 15) is 24.0 Å². The maximum atomic E-state index is 12.4. The van der Waals surface area contributed by atoms with Crippen molar-refractivity contribution in [2.75, 3.05) is 13.2 Å². The molecule has 30 heavy (non-hydrogen) atoms. The highest BCUT2D eigenvalue weighted by atomic mass is 16.4. The van der Waals surface area contributed by atoms with Gasteiger partial charge in [0.15, 0.2) is 0 Å². The number of nitrogens with one attached hydrogen (secondary N) is 3. The summed E-state index contributed by atoms with van der Waals surface area (Å²) in [4.78, 5) is 58.2. The average molecular weight is 433 g/mol. The van der Waals surface area contributed by atoms with Crippen molar-refractivity contribution in [1.29, 1.82) is 0 Å². The zero-order valence-electron chi connectivity index (χ0n) is 16.8. The van der Waals surface area contributed by atoms with Gasteiger partial charge in [-0.15, -0.1) is 0 Å². The number of aliphatic carboxylic acids is 2. The third-order valence-corrected chi connectivity index (χ3v) is 4.14. The summed E-state index contributed by atoms with van der Waals surface area (Å²) in [6.07, 6.45) is 0.760. The molecule has 10 N–H and O–H groups in total. The standard InChI is InChI=1S/C17H31N5O8/c1-9(20-15(27)10(19)5-6-13(24)25)14(26)21-11(4-2-3-7-18)16(28)22-12(8-23)17(29)30/h9-12,23H,2-8,18-19H2,1H3,(H,20,27)(H,21,26)(H,22,28)(H,24,25)(H,29,30)/t9-,10-,11-,12-/m0/s1. The van der Waals surface area contributed by atoms with Gasteiger partial charge in [0.05, 0.1) is 12.6 Å². The molecule has 0 rings (SSSR count). The summed E-state index contributed by atoms with van der Waals surface area (Å²) in [7, 11) is 0. The maximum Gasteiger partial charge on any atom is 0.328 e. The molecule has 0 spiro atoms. The van der Waals surface area contributed by atoms with Crippen LogP contribution in [0.2, 0.25) is 0 Å². The highest BCUT2D eigenvalue weighted by Crippen LogP contribution is 2.03. The Kier molecular flexibility index (Phi) is 12.9. The second-order valence-corrected chi connectivity index (χ2v) is 6.70. The van der Waals surface area contributed by atoms with Crippen molar-refractivity contribution < 1.29 is 39.3 Å². The number of amides is 3. The third-order valence-electron chi connectivity index (χ3n) is 4.14. The highest BCUT2D eigenvalue weighted by Gasteiger charge is 2.28. The number of hydrogen-bond donors (Lipinski definition) is 8. The van der Waals surface area contributed by atoms with E-state index in [2.05, 4.69) is 16.0 Å². The highest BCUT2D eigenvalue weighted by molar-refractivity contribution is 5.93. The van der Waals surface area contributed by atoms with E-state index in [-0.39, 0.29) is 19.3 Å². The van der Waals surface area contributed by atoms with Gasteiger partial charge in [-0.1, -0.05) is 0 Å². The van der Waals surface area contributed by atoms with Crippen molar-refractivity contribution in [3.63, 3.8) is 0 Å². The number of aliphatic hydroxyl groups excluding tert-OH is 1. The summed E-state index contributed by atoms with van der Waals surface area (Å²) in [5.41, 5.74) is 11.0. The Hall–Kier alpha value is -2.77. The lowest BCUT2D eigenvalue weighted by Crippen LogP contribution is -2.56. The van der Waals surface area contributed by atoms with Gasteiger partial charge in [-0.3, -0.25) is 19.2 Å². The Morgan fingerprint density at radius 3 is 1.97 bits per heavy atom. The van der Waals surface area contributed by atoms with E-state index < -0.39 is 60.4 Å². The number of rotatable bonds is 15. The average Bonchev–Trinajstić information content (AvgIpc) is 2.68. The minimum Gasteiger partial charge on any atom is -0.481 e. The van der Waals surface area contributed by atoms with Gasteiger partial charge in [0.2, 0.25) is 17.7 Å². The van der Waals surface area contributed by atoms with Gasteiger partial charge in [0.25, 0.3) is 0 Å². The van der Waals surface area contributed by atoms with Crippen LogP contribution in [0.1, 0.15) is 39.0 Å². The quantitative estimate of drug-likeness (QED) is 0.121. The van der Waals surface area contributed by atoms with Gasteiger partial charge in [-0.25, -0.2) is 4.79 Å². The van der Waals surface area contributed by atoms with Gasteiger partial charge >= 0.3 is 11.9 Å². The lowest BCUT2D eigenvalue weighted by molar-refractivity contribution is -0.143. The second-order valence-electron chi connectivity index (χ2n) is 6.70. The van der Waals surface area contributed by atoms with Crippen LogP contribution in [-0.2, 0) is 24.0 Å². The summed E-state index contributed by atoms with van der Waals surface area (Å²) in [5.74, 6) is -4.81. The minimum absolute atomic E-state index is 0.114. The van der Waals surface area contributed by atoms with Crippen LogP contribution in [-0.4, -0.2) is 82.3 Å². The third kappa shape index (κ3) is 10.7. The number of nitrogens with two attached hydrogens (primary N) is 2. The number of carboxylic acid groups (broad SMARTS) is 2. The molecule has 13 heteroatoms. The van der Waals surface area contributed by atoms with Crippen molar-refractivity contribution in [3.8, 4) is 0 Å². The fraction of sp³-hybridized carbons (Fsp3) is 0.706. The molecule has 0 bridgehead atoms. The molecule has 0 fully saturated rings. The van der Waals surface area contributed by atoms with Crippen molar-refractivity contribution >= 4 is 29.7 Å². The first kappa shape index (κ1) is 27.2. The molecule has 0 aromatic heterocycles. The van der Waals surface area contributed by atoms with E-state index in [0.29, 0.717) is 19.4 Å². The molecule has 0 heterocycles. The number of carboxylic acids is 2. The molecule has 0 aromatic rings. The monoisotopic (exact) mass is 433 g/mol. The summed E-state index contributed by atoms with van der Waals surface area (Å²) >= 11 is 0. The van der Waals surface area contributed by atoms with E-state index in [1.165, 1.54) is 6.92 Å². The number of hydrogen-bond acceptors (Lipinski definition) is 8. The molecule has 0 aliphatic rings. The summed E-state index contributed by atoms with van der Waals surface area (Å²) < 4.78 is 0. The molecule has 0 aliphatic heterocycles. The first-order chi connectivity index (χ1) is 14.0. The van der Waals surface area contributed by atoms with Crippen LogP contribution in [0.5, 0.6) is 0 Å². The molecule has 0 radical (unpaired) electrons. The zero-order valence-corrected chi connectivity index (χ0v) is 16.8. The molecule has 0 saturated heterocycles. The first-order valence-corrected chi connectivity index (χ1v) is 9.45. The molecule has 0 aromatic carbocycles. The van der Waals surface area contributed by atoms with Crippen molar-refractivity contribution in [3.05, 3.63) is 0 Å². The summed E-state index contributed by atoms with van der Waals surface area (Å²) in [6, 6.07) is -4.86. The molecule has 172 valence electrons. The van der Waals surface area contributed by atoms with Crippen LogP contribution in [0.3, 0.4) is 0 Å². The van der Waals surface area contributed by atoms with Gasteiger partial charge in [0, 0.05) is 6.42 Å². The van der Waals surface area contributed by atoms with Crippen LogP contribution in [0, 0.1) is 0 Å². The molecular weight excluding hydrogens is 402 g/mol. The fourth-order valence-corrected chi connectivity index (χ4v) is 2.31.